The molecule has 2 aromatic heterocycles. The molecule has 182 valence electrons. The molecule has 0 saturated carbocycles. The van der Waals surface area contributed by atoms with Crippen molar-refractivity contribution in [2.45, 2.75) is 13.0 Å². The number of aliphatic hydroxyl groups excluding tert-OH is 1. The Bertz CT molecular complexity index is 1450. The van der Waals surface area contributed by atoms with Gasteiger partial charge in [0.2, 0.25) is 5.78 Å². The lowest BCUT2D eigenvalue weighted by atomic mass is 9.99. The van der Waals surface area contributed by atoms with Gasteiger partial charge in [-0.2, -0.15) is 0 Å². The second-order valence-electron chi connectivity index (χ2n) is 8.05. The minimum atomic E-state index is -1.00. The number of amides is 1. The normalized spacial score (nSPS) is 15.5. The van der Waals surface area contributed by atoms with Crippen LogP contribution in [0.25, 0.3) is 10.6 Å². The number of carbonyl (C=O) groups is 2. The summed E-state index contributed by atoms with van der Waals surface area (Å²) in [7, 11) is 2.99. The average Bonchev–Trinajstić information content (AvgIpc) is 3.63. The highest BCUT2D eigenvalue weighted by atomic mass is 32.1. The van der Waals surface area contributed by atoms with Crippen molar-refractivity contribution in [3.8, 4) is 22.1 Å². The monoisotopic (exact) mass is 502 g/mol. The lowest BCUT2D eigenvalue weighted by molar-refractivity contribution is -0.117. The zero-order valence-electron chi connectivity index (χ0n) is 19.7. The highest BCUT2D eigenvalue weighted by Crippen LogP contribution is 2.45. The lowest BCUT2D eigenvalue weighted by Gasteiger charge is -2.25. The van der Waals surface area contributed by atoms with Gasteiger partial charge in [0.15, 0.2) is 5.76 Å². The second-order valence-corrected chi connectivity index (χ2v) is 9.05. The number of thiazole rings is 1. The van der Waals surface area contributed by atoms with E-state index >= 15 is 0 Å². The number of hydrogen-bond acceptors (Lipinski definition) is 8. The Hall–Kier alpha value is -4.37. The third-order valence-electron chi connectivity index (χ3n) is 5.90. The van der Waals surface area contributed by atoms with E-state index in [0.717, 1.165) is 5.56 Å². The van der Waals surface area contributed by atoms with Crippen LogP contribution in [0.2, 0.25) is 0 Å². The van der Waals surface area contributed by atoms with E-state index in [1.165, 1.54) is 36.7 Å². The van der Waals surface area contributed by atoms with Crippen molar-refractivity contribution >= 4 is 28.7 Å². The number of aliphatic hydroxyl groups is 1. The quantitative estimate of drug-likeness (QED) is 0.332. The molecular formula is C27H22N2O6S. The van der Waals surface area contributed by atoms with Gasteiger partial charge in [0.1, 0.15) is 28.3 Å². The van der Waals surface area contributed by atoms with Crippen molar-refractivity contribution < 1.29 is 28.6 Å². The van der Waals surface area contributed by atoms with E-state index in [2.05, 4.69) is 4.98 Å². The molecule has 1 amide bonds. The van der Waals surface area contributed by atoms with Crippen LogP contribution < -0.4 is 14.4 Å². The molecule has 1 atom stereocenters. The first-order valence-corrected chi connectivity index (χ1v) is 11.8. The summed E-state index contributed by atoms with van der Waals surface area (Å²) < 4.78 is 16.4. The van der Waals surface area contributed by atoms with Crippen molar-refractivity contribution in [2.24, 2.45) is 0 Å². The maximum Gasteiger partial charge on any atom is 0.294 e. The van der Waals surface area contributed by atoms with Crippen LogP contribution in [-0.2, 0) is 4.79 Å². The Balaban J connectivity index is 1.62. The number of aryl methyl sites for hydroxylation is 1. The van der Waals surface area contributed by atoms with Gasteiger partial charge in [-0.25, -0.2) is 4.98 Å². The highest BCUT2D eigenvalue weighted by Gasteiger charge is 2.47. The van der Waals surface area contributed by atoms with Crippen LogP contribution in [0.1, 0.15) is 27.2 Å². The van der Waals surface area contributed by atoms with Gasteiger partial charge in [0.05, 0.1) is 42.3 Å². The van der Waals surface area contributed by atoms with Gasteiger partial charge >= 0.3 is 0 Å². The third kappa shape index (κ3) is 3.93. The minimum Gasteiger partial charge on any atom is -0.503 e. The predicted octanol–water partition coefficient (Wildman–Crippen LogP) is 5.51. The minimum absolute atomic E-state index is 0.0805. The predicted molar refractivity (Wildman–Crippen MR) is 135 cm³/mol. The Morgan fingerprint density at radius 1 is 1.06 bits per heavy atom. The number of benzene rings is 2. The van der Waals surface area contributed by atoms with E-state index in [1.54, 1.807) is 37.3 Å². The fourth-order valence-electron chi connectivity index (χ4n) is 4.18. The van der Waals surface area contributed by atoms with Crippen molar-refractivity contribution in [3.63, 3.8) is 0 Å². The number of furan rings is 1. The van der Waals surface area contributed by atoms with E-state index in [-0.39, 0.29) is 5.57 Å². The Morgan fingerprint density at radius 3 is 2.36 bits per heavy atom. The molecule has 9 heteroatoms. The van der Waals surface area contributed by atoms with Crippen LogP contribution in [0.15, 0.2) is 82.7 Å². The summed E-state index contributed by atoms with van der Waals surface area (Å²) in [6.07, 6.45) is 1.45. The van der Waals surface area contributed by atoms with Crippen molar-refractivity contribution in [3.05, 3.63) is 94.6 Å². The lowest BCUT2D eigenvalue weighted by Crippen LogP contribution is -2.30. The third-order valence-corrected chi connectivity index (χ3v) is 7.11. The number of methoxy groups -OCH3 is 2. The first-order chi connectivity index (χ1) is 17.4. The molecule has 1 N–H and O–H groups in total. The molecule has 0 spiro atoms. The number of carbonyl (C=O) groups excluding carboxylic acids is 2. The average molecular weight is 503 g/mol. The number of hydrogen-bond donors (Lipinski definition) is 1. The van der Waals surface area contributed by atoms with Gasteiger partial charge in [-0.3, -0.25) is 14.5 Å². The van der Waals surface area contributed by atoms with Gasteiger partial charge < -0.3 is 19.0 Å². The van der Waals surface area contributed by atoms with E-state index < -0.39 is 23.5 Å². The summed E-state index contributed by atoms with van der Waals surface area (Å²) in [5.41, 5.74) is 1.68. The summed E-state index contributed by atoms with van der Waals surface area (Å²) >= 11 is 1.21. The van der Waals surface area contributed by atoms with Crippen molar-refractivity contribution in [2.75, 3.05) is 19.1 Å². The first-order valence-electron chi connectivity index (χ1n) is 11.0. The molecule has 1 aliphatic rings. The maximum absolute atomic E-state index is 13.9. The van der Waals surface area contributed by atoms with Gasteiger partial charge in [0, 0.05) is 23.8 Å². The molecule has 0 fully saturated rings. The van der Waals surface area contributed by atoms with Crippen LogP contribution in [0.3, 0.4) is 0 Å². The van der Waals surface area contributed by atoms with Crippen LogP contribution in [0, 0.1) is 6.92 Å². The van der Waals surface area contributed by atoms with Gasteiger partial charge in [-0.1, -0.05) is 30.3 Å². The number of ketones is 1. The van der Waals surface area contributed by atoms with Crippen LogP contribution in [-0.4, -0.2) is 36.0 Å². The standard InChI is InChI=1S/C27H22N2O6S/c1-15-25(36-26(28-15)16-8-5-4-6-9-16)23(30)21-22(20-10-7-11-35-20)29(27(32)24(21)31)17-12-18(33-2)14-19(13-17)34-3/h4-14,22,31H,1-3H3. The van der Waals surface area contributed by atoms with Crippen LogP contribution >= 0.6 is 11.3 Å². The zero-order valence-corrected chi connectivity index (χ0v) is 20.5. The van der Waals surface area contributed by atoms with E-state index in [0.29, 0.717) is 38.5 Å². The highest BCUT2D eigenvalue weighted by molar-refractivity contribution is 7.17. The molecule has 4 aromatic rings. The number of ether oxygens (including phenoxy) is 2. The fraction of sp³-hybridized carbons (Fsp3) is 0.148. The Kier molecular flexibility index (Phi) is 6.07. The maximum atomic E-state index is 13.9. The van der Waals surface area contributed by atoms with Gasteiger partial charge in [-0.05, 0) is 19.1 Å². The summed E-state index contributed by atoms with van der Waals surface area (Å²) in [4.78, 5) is 33.5. The smallest absolute Gasteiger partial charge is 0.294 e. The number of Topliss-reactive ketones (excluding diaryl/α,β-unsaturated/α-hetero) is 1. The molecule has 5 rings (SSSR count). The summed E-state index contributed by atoms with van der Waals surface area (Å²) in [5, 5.41) is 11.7. The van der Waals surface area contributed by atoms with Crippen LogP contribution in [0.4, 0.5) is 5.69 Å². The molecule has 1 aliphatic heterocycles. The van der Waals surface area contributed by atoms with Gasteiger partial charge in [-0.15, -0.1) is 11.3 Å². The van der Waals surface area contributed by atoms with Crippen molar-refractivity contribution in [1.82, 2.24) is 4.98 Å². The van der Waals surface area contributed by atoms with Crippen LogP contribution in [0.5, 0.6) is 11.5 Å². The number of nitrogens with zero attached hydrogens (tertiary/aromatic N) is 2. The zero-order chi connectivity index (χ0) is 25.4. The summed E-state index contributed by atoms with van der Waals surface area (Å²) in [6, 6.07) is 16.7. The molecule has 2 aromatic carbocycles. The molecular weight excluding hydrogens is 480 g/mol. The number of rotatable bonds is 7. The second kappa shape index (κ2) is 9.35. The SMILES string of the molecule is COc1cc(OC)cc(N2C(=O)C(O)=C(C(=O)c3sc(-c4ccccc4)nc3C)C2c2ccco2)c1. The molecule has 3 heterocycles. The van der Waals surface area contributed by atoms with Crippen molar-refractivity contribution in [1.29, 1.82) is 0 Å². The van der Waals surface area contributed by atoms with Gasteiger partial charge in [0.25, 0.3) is 5.91 Å². The summed E-state index contributed by atoms with van der Waals surface area (Å²) in [5.74, 6) is -0.654. The van der Waals surface area contributed by atoms with E-state index in [4.69, 9.17) is 13.9 Å². The molecule has 1 unspecified atom stereocenters. The molecule has 0 saturated heterocycles. The fourth-order valence-corrected chi connectivity index (χ4v) is 5.21. The topological polar surface area (TPSA) is 102 Å². The molecule has 36 heavy (non-hydrogen) atoms. The summed E-state index contributed by atoms with van der Waals surface area (Å²) in [6.45, 7) is 1.73. The molecule has 0 radical (unpaired) electrons. The largest absolute Gasteiger partial charge is 0.503 e. The molecule has 8 nitrogen and oxygen atoms in total. The number of aromatic nitrogens is 1. The van der Waals surface area contributed by atoms with E-state index in [1.807, 2.05) is 30.3 Å². The Labute approximate surface area is 211 Å². The Morgan fingerprint density at radius 2 is 1.75 bits per heavy atom. The first kappa shape index (κ1) is 23.4. The molecule has 0 bridgehead atoms. The van der Waals surface area contributed by atoms with E-state index in [9.17, 15) is 14.7 Å². The number of anilines is 1. The molecule has 0 aliphatic carbocycles.